The van der Waals surface area contributed by atoms with E-state index in [-0.39, 0.29) is 5.97 Å². The Labute approximate surface area is 96.0 Å². The molecule has 1 aliphatic carbocycles. The normalized spacial score (nSPS) is 26.2. The van der Waals surface area contributed by atoms with Crippen LogP contribution in [0.25, 0.3) is 0 Å². The van der Waals surface area contributed by atoms with Gasteiger partial charge in [-0.1, -0.05) is 12.8 Å². The van der Waals surface area contributed by atoms with Crippen LogP contribution in [0.4, 0.5) is 0 Å². The first-order chi connectivity index (χ1) is 7.31. The molecule has 4 heteroatoms. The fraction of sp³-hybridized carbons (Fsp3) is 0.833. The predicted octanol–water partition coefficient (Wildman–Crippen LogP) is 2.22. The van der Waals surface area contributed by atoms with Crippen LogP contribution in [0.5, 0.6) is 0 Å². The highest BCUT2D eigenvalue weighted by Gasteiger charge is 2.38. The Balaban J connectivity index is 2.68. The summed E-state index contributed by atoms with van der Waals surface area (Å²) in [7, 11) is 0. The van der Waals surface area contributed by atoms with Crippen LogP contribution in [0.15, 0.2) is 0 Å². The van der Waals surface area contributed by atoms with Crippen molar-refractivity contribution in [1.82, 2.24) is 0 Å². The van der Waals surface area contributed by atoms with Crippen molar-refractivity contribution in [3.05, 3.63) is 0 Å². The number of carboxylic acids is 1. The maximum absolute atomic E-state index is 11.8. The lowest BCUT2D eigenvalue weighted by Crippen LogP contribution is -2.37. The molecule has 0 heterocycles. The number of carbonyl (C=O) groups is 2. The summed E-state index contributed by atoms with van der Waals surface area (Å²) in [5, 5.41) is 9.05. The molecule has 1 aliphatic rings. The number of esters is 1. The number of ether oxygens (including phenoxy) is 1. The maximum Gasteiger partial charge on any atom is 0.310 e. The van der Waals surface area contributed by atoms with Crippen molar-refractivity contribution in [2.24, 2.45) is 11.8 Å². The molecule has 4 nitrogen and oxygen atoms in total. The monoisotopic (exact) mass is 228 g/mol. The van der Waals surface area contributed by atoms with Crippen molar-refractivity contribution in [2.45, 2.75) is 52.1 Å². The lowest BCUT2D eigenvalue weighted by Gasteiger charge is -2.30. The Kier molecular flexibility index (Phi) is 3.94. The van der Waals surface area contributed by atoms with Gasteiger partial charge in [0.25, 0.3) is 0 Å². The number of carboxylic acid groups (broad SMARTS) is 1. The molecule has 16 heavy (non-hydrogen) atoms. The summed E-state index contributed by atoms with van der Waals surface area (Å²) in [6.07, 6.45) is 3.01. The number of hydrogen-bond acceptors (Lipinski definition) is 3. The second-order valence-corrected chi connectivity index (χ2v) is 5.37. The Morgan fingerprint density at radius 3 is 2.06 bits per heavy atom. The zero-order valence-electron chi connectivity index (χ0n) is 10.2. The Morgan fingerprint density at radius 1 is 1.12 bits per heavy atom. The maximum atomic E-state index is 11.8. The van der Waals surface area contributed by atoms with Crippen molar-refractivity contribution in [3.8, 4) is 0 Å². The van der Waals surface area contributed by atoms with Gasteiger partial charge in [-0.25, -0.2) is 0 Å². The molecular weight excluding hydrogens is 208 g/mol. The van der Waals surface area contributed by atoms with E-state index in [4.69, 9.17) is 9.84 Å². The minimum absolute atomic E-state index is 0.361. The first-order valence-corrected chi connectivity index (χ1v) is 5.77. The third kappa shape index (κ3) is 3.51. The highest BCUT2D eigenvalue weighted by atomic mass is 16.6. The molecule has 1 rings (SSSR count). The SMILES string of the molecule is CC(C)(C)OC(=O)C1CCCCC1C(=O)O. The third-order valence-corrected chi connectivity index (χ3v) is 2.79. The summed E-state index contributed by atoms with van der Waals surface area (Å²) >= 11 is 0. The molecule has 0 amide bonds. The average molecular weight is 228 g/mol. The average Bonchev–Trinajstić information content (AvgIpc) is 2.15. The van der Waals surface area contributed by atoms with Gasteiger partial charge in [-0.2, -0.15) is 0 Å². The van der Waals surface area contributed by atoms with E-state index < -0.39 is 23.4 Å². The minimum Gasteiger partial charge on any atom is -0.481 e. The van der Waals surface area contributed by atoms with Gasteiger partial charge in [0.2, 0.25) is 0 Å². The van der Waals surface area contributed by atoms with Crippen molar-refractivity contribution in [2.75, 3.05) is 0 Å². The molecule has 0 aromatic rings. The van der Waals surface area contributed by atoms with Crippen LogP contribution in [-0.2, 0) is 14.3 Å². The molecule has 92 valence electrons. The molecule has 2 unspecified atom stereocenters. The van der Waals surface area contributed by atoms with Gasteiger partial charge in [-0.3, -0.25) is 9.59 Å². The predicted molar refractivity (Wildman–Crippen MR) is 58.9 cm³/mol. The van der Waals surface area contributed by atoms with Gasteiger partial charge in [0, 0.05) is 0 Å². The summed E-state index contributed by atoms with van der Waals surface area (Å²) in [5.41, 5.74) is -0.544. The van der Waals surface area contributed by atoms with E-state index in [2.05, 4.69) is 0 Å². The van der Waals surface area contributed by atoms with Crippen LogP contribution in [0.2, 0.25) is 0 Å². The summed E-state index contributed by atoms with van der Waals surface area (Å²) in [5.74, 6) is -2.27. The summed E-state index contributed by atoms with van der Waals surface area (Å²) < 4.78 is 5.26. The van der Waals surface area contributed by atoms with Crippen LogP contribution in [0, 0.1) is 11.8 Å². The number of carbonyl (C=O) groups excluding carboxylic acids is 1. The smallest absolute Gasteiger partial charge is 0.310 e. The molecule has 0 aromatic heterocycles. The largest absolute Gasteiger partial charge is 0.481 e. The zero-order valence-corrected chi connectivity index (χ0v) is 10.2. The van der Waals surface area contributed by atoms with E-state index in [0.29, 0.717) is 12.8 Å². The van der Waals surface area contributed by atoms with E-state index in [0.717, 1.165) is 12.8 Å². The van der Waals surface area contributed by atoms with Gasteiger partial charge in [0.15, 0.2) is 0 Å². The molecule has 1 N–H and O–H groups in total. The summed E-state index contributed by atoms with van der Waals surface area (Å²) in [6.45, 7) is 5.39. The van der Waals surface area contributed by atoms with Crippen molar-refractivity contribution in [3.63, 3.8) is 0 Å². The molecule has 0 bridgehead atoms. The summed E-state index contributed by atoms with van der Waals surface area (Å²) in [4.78, 5) is 22.9. The molecule has 0 radical (unpaired) electrons. The highest BCUT2D eigenvalue weighted by Crippen LogP contribution is 2.32. The molecule has 1 saturated carbocycles. The molecule has 2 atom stereocenters. The quantitative estimate of drug-likeness (QED) is 0.736. The van der Waals surface area contributed by atoms with Gasteiger partial charge in [-0.15, -0.1) is 0 Å². The van der Waals surface area contributed by atoms with E-state index in [1.165, 1.54) is 0 Å². The zero-order chi connectivity index (χ0) is 12.3. The van der Waals surface area contributed by atoms with Crippen molar-refractivity contribution in [1.29, 1.82) is 0 Å². The van der Waals surface area contributed by atoms with E-state index in [1.807, 2.05) is 0 Å². The van der Waals surface area contributed by atoms with Crippen LogP contribution in [0.1, 0.15) is 46.5 Å². The van der Waals surface area contributed by atoms with Crippen LogP contribution < -0.4 is 0 Å². The van der Waals surface area contributed by atoms with Crippen LogP contribution in [-0.4, -0.2) is 22.6 Å². The van der Waals surface area contributed by atoms with Crippen LogP contribution >= 0.6 is 0 Å². The van der Waals surface area contributed by atoms with Gasteiger partial charge in [0.1, 0.15) is 5.60 Å². The lowest BCUT2D eigenvalue weighted by molar-refractivity contribution is -0.168. The molecular formula is C12H20O4. The topological polar surface area (TPSA) is 63.6 Å². The van der Waals surface area contributed by atoms with E-state index in [1.54, 1.807) is 20.8 Å². The second-order valence-electron chi connectivity index (χ2n) is 5.37. The van der Waals surface area contributed by atoms with Gasteiger partial charge in [0.05, 0.1) is 11.8 Å². The highest BCUT2D eigenvalue weighted by molar-refractivity contribution is 5.81. The standard InChI is InChI=1S/C12H20O4/c1-12(2,3)16-11(15)9-7-5-4-6-8(9)10(13)14/h8-9H,4-7H2,1-3H3,(H,13,14). The van der Waals surface area contributed by atoms with Crippen molar-refractivity contribution < 1.29 is 19.4 Å². The van der Waals surface area contributed by atoms with Gasteiger partial charge >= 0.3 is 11.9 Å². The molecule has 0 aromatic carbocycles. The molecule has 1 fully saturated rings. The van der Waals surface area contributed by atoms with Crippen molar-refractivity contribution >= 4 is 11.9 Å². The van der Waals surface area contributed by atoms with E-state index in [9.17, 15) is 9.59 Å². The van der Waals surface area contributed by atoms with Gasteiger partial charge in [-0.05, 0) is 33.6 Å². The molecule has 0 aliphatic heterocycles. The number of hydrogen-bond donors (Lipinski definition) is 1. The van der Waals surface area contributed by atoms with Crippen LogP contribution in [0.3, 0.4) is 0 Å². The Bertz CT molecular complexity index is 277. The fourth-order valence-corrected chi connectivity index (χ4v) is 2.09. The first kappa shape index (κ1) is 13.0. The lowest BCUT2D eigenvalue weighted by atomic mass is 9.79. The van der Waals surface area contributed by atoms with E-state index >= 15 is 0 Å². The number of aliphatic carboxylic acids is 1. The third-order valence-electron chi connectivity index (χ3n) is 2.79. The molecule has 0 spiro atoms. The Hall–Kier alpha value is -1.06. The number of rotatable bonds is 2. The summed E-state index contributed by atoms with van der Waals surface area (Å²) in [6, 6.07) is 0. The first-order valence-electron chi connectivity index (χ1n) is 5.77. The fourth-order valence-electron chi connectivity index (χ4n) is 2.09. The molecule has 0 saturated heterocycles. The Morgan fingerprint density at radius 2 is 1.62 bits per heavy atom. The van der Waals surface area contributed by atoms with Gasteiger partial charge < -0.3 is 9.84 Å². The second kappa shape index (κ2) is 4.85. The minimum atomic E-state index is -0.879.